The van der Waals surface area contributed by atoms with Crippen LogP contribution in [-0.2, 0) is 14.8 Å². The molecule has 2 fully saturated rings. The molecule has 1 heterocycles. The predicted octanol–water partition coefficient (Wildman–Crippen LogP) is 2.09. The topological polar surface area (TPSA) is 58.6 Å². The van der Waals surface area contributed by atoms with E-state index in [0.717, 1.165) is 18.2 Å². The van der Waals surface area contributed by atoms with Gasteiger partial charge in [-0.05, 0) is 43.0 Å². The van der Waals surface area contributed by atoms with E-state index < -0.39 is 10.0 Å². The molecule has 22 heavy (non-hydrogen) atoms. The number of hydrogen-bond acceptors (Lipinski definition) is 4. The van der Waals surface area contributed by atoms with Crippen LogP contribution in [0.4, 0.5) is 5.69 Å². The zero-order valence-corrected chi connectivity index (χ0v) is 13.4. The van der Waals surface area contributed by atoms with Gasteiger partial charge in [0.1, 0.15) is 0 Å². The maximum Gasteiger partial charge on any atom is 0.243 e. The summed E-state index contributed by atoms with van der Waals surface area (Å²) < 4.78 is 31.6. The summed E-state index contributed by atoms with van der Waals surface area (Å²) in [6, 6.07) is 6.96. The van der Waals surface area contributed by atoms with Gasteiger partial charge in [-0.15, -0.1) is 0 Å². The molecule has 0 amide bonds. The fourth-order valence-corrected chi connectivity index (χ4v) is 3.81. The van der Waals surface area contributed by atoms with Gasteiger partial charge >= 0.3 is 0 Å². The summed E-state index contributed by atoms with van der Waals surface area (Å²) in [5.74, 6) is 0.780. The minimum absolute atomic E-state index is 0.341. The van der Waals surface area contributed by atoms with Gasteiger partial charge in [0.25, 0.3) is 0 Å². The Balaban J connectivity index is 1.59. The lowest BCUT2D eigenvalue weighted by atomic mass is 10.3. The first kappa shape index (κ1) is 15.5. The molecule has 0 radical (unpaired) electrons. The van der Waals surface area contributed by atoms with Crippen molar-refractivity contribution in [2.45, 2.75) is 17.7 Å². The van der Waals surface area contributed by atoms with Crippen molar-refractivity contribution < 1.29 is 13.2 Å². The van der Waals surface area contributed by atoms with Crippen LogP contribution in [0.25, 0.3) is 0 Å². The highest BCUT2D eigenvalue weighted by Crippen LogP contribution is 2.29. The Labute approximate surface area is 132 Å². The minimum atomic E-state index is -3.40. The van der Waals surface area contributed by atoms with Crippen molar-refractivity contribution >= 4 is 15.7 Å². The first-order valence-electron chi connectivity index (χ1n) is 7.75. The minimum Gasteiger partial charge on any atom is -0.382 e. The smallest absolute Gasteiger partial charge is 0.243 e. The third-order valence-electron chi connectivity index (χ3n) is 3.92. The standard InChI is InChI=1S/C16H22N2O3S/c19-22(20,18-10-12-21-13-11-18)16-7-5-15(6-8-16)17-9-1-2-14-3-4-14/h1-2,5-8,14,17H,3-4,9-13H2. The van der Waals surface area contributed by atoms with Crippen LogP contribution >= 0.6 is 0 Å². The van der Waals surface area contributed by atoms with Crippen LogP contribution in [0.15, 0.2) is 41.3 Å². The molecule has 120 valence electrons. The molecule has 1 saturated carbocycles. The van der Waals surface area contributed by atoms with Crippen molar-refractivity contribution in [2.24, 2.45) is 5.92 Å². The summed E-state index contributed by atoms with van der Waals surface area (Å²) in [6.45, 7) is 2.55. The molecule has 5 nitrogen and oxygen atoms in total. The number of morpholine rings is 1. The van der Waals surface area contributed by atoms with Gasteiger partial charge in [0.15, 0.2) is 0 Å². The second-order valence-electron chi connectivity index (χ2n) is 5.69. The number of sulfonamides is 1. The van der Waals surface area contributed by atoms with E-state index in [9.17, 15) is 8.42 Å². The highest BCUT2D eigenvalue weighted by Gasteiger charge is 2.26. The van der Waals surface area contributed by atoms with Crippen molar-refractivity contribution in [3.8, 4) is 0 Å². The molecular weight excluding hydrogens is 300 g/mol. The molecular formula is C16H22N2O3S. The number of benzene rings is 1. The first-order valence-corrected chi connectivity index (χ1v) is 9.19. The molecule has 2 aliphatic rings. The lowest BCUT2D eigenvalue weighted by molar-refractivity contribution is 0.0730. The number of allylic oxidation sites excluding steroid dienone is 1. The van der Waals surface area contributed by atoms with Gasteiger partial charge in [-0.2, -0.15) is 4.31 Å². The van der Waals surface area contributed by atoms with Crippen molar-refractivity contribution in [3.05, 3.63) is 36.4 Å². The van der Waals surface area contributed by atoms with Gasteiger partial charge in [-0.3, -0.25) is 0 Å². The SMILES string of the molecule is O=S(=O)(c1ccc(NCC=CC2CC2)cc1)N1CCOCC1. The Hall–Kier alpha value is -1.37. The zero-order valence-electron chi connectivity index (χ0n) is 12.6. The molecule has 1 N–H and O–H groups in total. The fourth-order valence-electron chi connectivity index (χ4n) is 2.41. The van der Waals surface area contributed by atoms with E-state index in [0.29, 0.717) is 31.2 Å². The number of rotatable bonds is 6. The van der Waals surface area contributed by atoms with Crippen LogP contribution in [0.5, 0.6) is 0 Å². The Morgan fingerprint density at radius 2 is 1.86 bits per heavy atom. The van der Waals surface area contributed by atoms with Crippen LogP contribution < -0.4 is 5.32 Å². The lowest BCUT2D eigenvalue weighted by Gasteiger charge is -2.26. The highest BCUT2D eigenvalue weighted by molar-refractivity contribution is 7.89. The second-order valence-corrected chi connectivity index (χ2v) is 7.63. The van der Waals surface area contributed by atoms with E-state index >= 15 is 0 Å². The molecule has 1 saturated heterocycles. The molecule has 1 aromatic carbocycles. The first-order chi connectivity index (χ1) is 10.7. The predicted molar refractivity (Wildman–Crippen MR) is 86.4 cm³/mol. The molecule has 0 bridgehead atoms. The van der Waals surface area contributed by atoms with E-state index in [4.69, 9.17) is 4.74 Å². The van der Waals surface area contributed by atoms with E-state index in [1.54, 1.807) is 12.1 Å². The molecule has 0 spiro atoms. The van der Waals surface area contributed by atoms with Crippen LogP contribution in [0.2, 0.25) is 0 Å². The Bertz CT molecular complexity index is 615. The average molecular weight is 322 g/mol. The molecule has 3 rings (SSSR count). The summed E-state index contributed by atoms with van der Waals surface area (Å²) >= 11 is 0. The molecule has 0 unspecified atom stereocenters. The summed E-state index contributed by atoms with van der Waals surface area (Å²) in [5, 5.41) is 3.27. The summed E-state index contributed by atoms with van der Waals surface area (Å²) in [5.41, 5.74) is 0.932. The monoisotopic (exact) mass is 322 g/mol. The Morgan fingerprint density at radius 3 is 2.50 bits per heavy atom. The van der Waals surface area contributed by atoms with Crippen molar-refractivity contribution in [3.63, 3.8) is 0 Å². The normalized spacial score (nSPS) is 20.4. The summed E-state index contributed by atoms with van der Waals surface area (Å²) in [4.78, 5) is 0.341. The van der Waals surface area contributed by atoms with Crippen molar-refractivity contribution in [1.29, 1.82) is 0 Å². The summed E-state index contributed by atoms with van der Waals surface area (Å²) in [6.07, 6.45) is 7.00. The largest absolute Gasteiger partial charge is 0.382 e. The number of anilines is 1. The van der Waals surface area contributed by atoms with Gasteiger partial charge < -0.3 is 10.1 Å². The van der Waals surface area contributed by atoms with Crippen molar-refractivity contribution in [2.75, 3.05) is 38.2 Å². The Morgan fingerprint density at radius 1 is 1.18 bits per heavy atom. The van der Waals surface area contributed by atoms with Gasteiger partial charge in [0.05, 0.1) is 18.1 Å². The van der Waals surface area contributed by atoms with Crippen molar-refractivity contribution in [1.82, 2.24) is 4.31 Å². The lowest BCUT2D eigenvalue weighted by Crippen LogP contribution is -2.40. The van der Waals surface area contributed by atoms with Gasteiger partial charge in [0, 0.05) is 25.3 Å². The van der Waals surface area contributed by atoms with Crippen LogP contribution in [0.3, 0.4) is 0 Å². The van der Waals surface area contributed by atoms with E-state index in [2.05, 4.69) is 17.5 Å². The van der Waals surface area contributed by atoms with Gasteiger partial charge in [-0.1, -0.05) is 12.2 Å². The third-order valence-corrected chi connectivity index (χ3v) is 5.83. The van der Waals surface area contributed by atoms with Crippen LogP contribution in [0, 0.1) is 5.92 Å². The zero-order chi connectivity index (χ0) is 15.4. The molecule has 1 aliphatic carbocycles. The maximum atomic E-state index is 12.5. The number of nitrogens with one attached hydrogen (secondary N) is 1. The molecule has 1 aromatic rings. The number of ether oxygens (including phenoxy) is 1. The molecule has 1 aliphatic heterocycles. The van der Waals surface area contributed by atoms with E-state index in [-0.39, 0.29) is 0 Å². The number of hydrogen-bond donors (Lipinski definition) is 1. The van der Waals surface area contributed by atoms with Gasteiger partial charge in [0.2, 0.25) is 10.0 Å². The highest BCUT2D eigenvalue weighted by atomic mass is 32.2. The number of nitrogens with zero attached hydrogens (tertiary/aromatic N) is 1. The molecule has 0 atom stereocenters. The van der Waals surface area contributed by atoms with E-state index in [1.165, 1.54) is 17.1 Å². The van der Waals surface area contributed by atoms with Gasteiger partial charge in [-0.25, -0.2) is 8.42 Å². The fraction of sp³-hybridized carbons (Fsp3) is 0.500. The maximum absolute atomic E-state index is 12.5. The van der Waals surface area contributed by atoms with E-state index in [1.807, 2.05) is 12.1 Å². The molecule has 6 heteroatoms. The second kappa shape index (κ2) is 6.81. The third kappa shape index (κ3) is 3.88. The summed E-state index contributed by atoms with van der Waals surface area (Å²) in [7, 11) is -3.40. The molecule has 0 aromatic heterocycles. The van der Waals surface area contributed by atoms with Crippen LogP contribution in [-0.4, -0.2) is 45.6 Å². The average Bonchev–Trinajstić information content (AvgIpc) is 3.37. The van der Waals surface area contributed by atoms with Crippen LogP contribution in [0.1, 0.15) is 12.8 Å². The Kier molecular flexibility index (Phi) is 4.81. The quantitative estimate of drug-likeness (QED) is 0.815.